The van der Waals surface area contributed by atoms with E-state index < -0.39 is 5.97 Å². The van der Waals surface area contributed by atoms with Gasteiger partial charge in [0.1, 0.15) is 5.75 Å². The number of hydrogen-bond donors (Lipinski definition) is 1. The van der Waals surface area contributed by atoms with Crippen molar-refractivity contribution < 1.29 is 14.6 Å². The summed E-state index contributed by atoms with van der Waals surface area (Å²) in [5, 5.41) is 13.5. The maximum absolute atomic E-state index is 10.9. The molecule has 24 heavy (non-hydrogen) atoms. The van der Waals surface area contributed by atoms with E-state index in [1.165, 1.54) is 0 Å². The summed E-state index contributed by atoms with van der Waals surface area (Å²) >= 11 is 0. The summed E-state index contributed by atoms with van der Waals surface area (Å²) < 4.78 is 6.91. The van der Waals surface area contributed by atoms with Gasteiger partial charge in [-0.15, -0.1) is 0 Å². The minimum atomic E-state index is -0.997. The van der Waals surface area contributed by atoms with Gasteiger partial charge < -0.3 is 9.84 Å². The van der Waals surface area contributed by atoms with Gasteiger partial charge >= 0.3 is 5.97 Å². The van der Waals surface area contributed by atoms with Crippen molar-refractivity contribution in [1.29, 1.82) is 0 Å². The Morgan fingerprint density at radius 1 is 1.12 bits per heavy atom. The van der Waals surface area contributed by atoms with Crippen LogP contribution in [0.5, 0.6) is 5.75 Å². The molecule has 0 atom stereocenters. The first kappa shape index (κ1) is 15.6. The average Bonchev–Trinajstić information content (AvgIpc) is 3.05. The van der Waals surface area contributed by atoms with Crippen LogP contribution in [-0.2, 0) is 4.79 Å². The molecule has 120 valence electrons. The van der Waals surface area contributed by atoms with Crippen LogP contribution in [0.3, 0.4) is 0 Å². The van der Waals surface area contributed by atoms with Gasteiger partial charge in [0.2, 0.25) is 0 Å². The number of para-hydroxylation sites is 1. The summed E-state index contributed by atoms with van der Waals surface area (Å²) in [6.45, 7) is 0. The number of aliphatic carboxylic acids is 1. The molecule has 0 saturated carbocycles. The summed E-state index contributed by atoms with van der Waals surface area (Å²) in [7, 11) is 1.61. The first-order valence-corrected chi connectivity index (χ1v) is 7.38. The van der Waals surface area contributed by atoms with E-state index in [0.29, 0.717) is 5.69 Å². The predicted molar refractivity (Wildman–Crippen MR) is 92.2 cm³/mol. The molecule has 0 spiro atoms. The number of carboxylic acids is 1. The van der Waals surface area contributed by atoms with E-state index in [1.807, 2.05) is 60.8 Å². The number of ether oxygens (including phenoxy) is 1. The minimum absolute atomic E-state index is 0.707. The normalized spacial score (nSPS) is 10.9. The zero-order valence-corrected chi connectivity index (χ0v) is 13.1. The van der Waals surface area contributed by atoms with Crippen LogP contribution in [-0.4, -0.2) is 28.0 Å². The third kappa shape index (κ3) is 3.35. The Labute approximate surface area is 139 Å². The zero-order valence-electron chi connectivity index (χ0n) is 13.1. The molecule has 0 amide bonds. The highest BCUT2D eigenvalue weighted by molar-refractivity contribution is 5.87. The van der Waals surface area contributed by atoms with Crippen LogP contribution in [0.2, 0.25) is 0 Å². The zero-order chi connectivity index (χ0) is 16.9. The molecule has 0 fully saturated rings. The van der Waals surface area contributed by atoms with E-state index in [2.05, 4.69) is 5.10 Å². The second-order valence-electron chi connectivity index (χ2n) is 5.11. The molecule has 3 rings (SSSR count). The predicted octanol–water partition coefficient (Wildman–Crippen LogP) is 3.65. The maximum Gasteiger partial charge on any atom is 0.328 e. The van der Waals surface area contributed by atoms with Gasteiger partial charge in [-0.3, -0.25) is 0 Å². The molecule has 3 aromatic rings. The highest BCUT2D eigenvalue weighted by Gasteiger charge is 2.11. The summed E-state index contributed by atoms with van der Waals surface area (Å²) in [5.41, 5.74) is 3.23. The second-order valence-corrected chi connectivity index (χ2v) is 5.11. The number of rotatable bonds is 5. The van der Waals surface area contributed by atoms with Crippen molar-refractivity contribution in [2.24, 2.45) is 0 Å². The van der Waals surface area contributed by atoms with Gasteiger partial charge in [-0.2, -0.15) is 5.10 Å². The topological polar surface area (TPSA) is 64.4 Å². The van der Waals surface area contributed by atoms with Gasteiger partial charge in [-0.1, -0.05) is 18.2 Å². The number of benzene rings is 2. The highest BCUT2D eigenvalue weighted by atomic mass is 16.5. The van der Waals surface area contributed by atoms with Crippen molar-refractivity contribution in [2.45, 2.75) is 0 Å². The first-order chi connectivity index (χ1) is 11.7. The molecule has 5 nitrogen and oxygen atoms in total. The molecule has 1 heterocycles. The monoisotopic (exact) mass is 320 g/mol. The lowest BCUT2D eigenvalue weighted by Crippen LogP contribution is -1.94. The number of nitrogens with zero attached hydrogens (tertiary/aromatic N) is 2. The fourth-order valence-electron chi connectivity index (χ4n) is 2.36. The quantitative estimate of drug-likeness (QED) is 0.729. The van der Waals surface area contributed by atoms with Crippen molar-refractivity contribution in [3.8, 4) is 22.7 Å². The fraction of sp³-hybridized carbons (Fsp3) is 0.0526. The number of hydrogen-bond acceptors (Lipinski definition) is 3. The van der Waals surface area contributed by atoms with Gasteiger partial charge in [0.05, 0.1) is 18.5 Å². The van der Waals surface area contributed by atoms with Gasteiger partial charge in [-0.05, 0) is 42.5 Å². The lowest BCUT2D eigenvalue weighted by molar-refractivity contribution is -0.131. The van der Waals surface area contributed by atoms with Crippen LogP contribution in [0.25, 0.3) is 23.0 Å². The summed E-state index contributed by atoms with van der Waals surface area (Å²) in [4.78, 5) is 10.9. The molecule has 1 aromatic heterocycles. The average molecular weight is 320 g/mol. The Bertz CT molecular complexity index is 865. The van der Waals surface area contributed by atoms with E-state index in [9.17, 15) is 4.79 Å². The van der Waals surface area contributed by atoms with Crippen LogP contribution >= 0.6 is 0 Å². The molecular formula is C19H16N2O3. The Kier molecular flexibility index (Phi) is 4.43. The van der Waals surface area contributed by atoms with Crippen molar-refractivity contribution in [3.63, 3.8) is 0 Å². The van der Waals surface area contributed by atoms with E-state index in [0.717, 1.165) is 28.6 Å². The van der Waals surface area contributed by atoms with Crippen LogP contribution in [0.4, 0.5) is 0 Å². The molecule has 0 radical (unpaired) electrons. The van der Waals surface area contributed by atoms with Crippen molar-refractivity contribution in [1.82, 2.24) is 9.78 Å². The Balaban J connectivity index is 2.08. The molecule has 0 aliphatic heterocycles. The molecule has 0 aliphatic rings. The minimum Gasteiger partial charge on any atom is -0.497 e. The number of aromatic nitrogens is 2. The van der Waals surface area contributed by atoms with Gasteiger partial charge in [0.25, 0.3) is 0 Å². The van der Waals surface area contributed by atoms with E-state index in [4.69, 9.17) is 9.84 Å². The largest absolute Gasteiger partial charge is 0.497 e. The molecule has 1 N–H and O–H groups in total. The second kappa shape index (κ2) is 6.83. The standard InChI is InChI=1S/C19H16N2O3/c1-24-17-10-7-14(8-11-17)19-15(9-12-18(22)23)13-21(20-19)16-5-3-2-4-6-16/h2-13H,1H3,(H,22,23). The third-order valence-electron chi connectivity index (χ3n) is 3.53. The molecular weight excluding hydrogens is 304 g/mol. The third-order valence-corrected chi connectivity index (χ3v) is 3.53. The van der Waals surface area contributed by atoms with Crippen LogP contribution in [0.15, 0.2) is 66.9 Å². The molecule has 0 bridgehead atoms. The summed E-state index contributed by atoms with van der Waals surface area (Å²) in [6.07, 6.45) is 4.47. The lowest BCUT2D eigenvalue weighted by Gasteiger charge is -2.02. The SMILES string of the molecule is COc1ccc(-c2nn(-c3ccccc3)cc2C=CC(=O)O)cc1. The first-order valence-electron chi connectivity index (χ1n) is 7.38. The Morgan fingerprint density at radius 3 is 2.46 bits per heavy atom. The van der Waals surface area contributed by atoms with Crippen LogP contribution in [0, 0.1) is 0 Å². The molecule has 5 heteroatoms. The summed E-state index contributed by atoms with van der Waals surface area (Å²) in [6, 6.07) is 17.2. The molecule has 0 saturated heterocycles. The van der Waals surface area contributed by atoms with Crippen molar-refractivity contribution in [2.75, 3.05) is 7.11 Å². The molecule has 0 unspecified atom stereocenters. The Morgan fingerprint density at radius 2 is 1.83 bits per heavy atom. The van der Waals surface area contributed by atoms with Crippen molar-refractivity contribution >= 4 is 12.0 Å². The van der Waals surface area contributed by atoms with E-state index in [1.54, 1.807) is 17.9 Å². The highest BCUT2D eigenvalue weighted by Crippen LogP contribution is 2.26. The van der Waals surface area contributed by atoms with Crippen LogP contribution < -0.4 is 4.74 Å². The van der Waals surface area contributed by atoms with Crippen molar-refractivity contribution in [3.05, 3.63) is 72.4 Å². The van der Waals surface area contributed by atoms with Gasteiger partial charge in [0.15, 0.2) is 0 Å². The fourth-order valence-corrected chi connectivity index (χ4v) is 2.36. The van der Waals surface area contributed by atoms with Gasteiger partial charge in [-0.25, -0.2) is 9.48 Å². The van der Waals surface area contributed by atoms with Crippen LogP contribution in [0.1, 0.15) is 5.56 Å². The Hall–Kier alpha value is -3.34. The smallest absolute Gasteiger partial charge is 0.328 e. The van der Waals surface area contributed by atoms with E-state index in [-0.39, 0.29) is 0 Å². The number of carboxylic acid groups (broad SMARTS) is 1. The summed E-state index contributed by atoms with van der Waals surface area (Å²) in [5.74, 6) is -0.244. The molecule has 2 aromatic carbocycles. The number of methoxy groups -OCH3 is 1. The van der Waals surface area contributed by atoms with Gasteiger partial charge in [0, 0.05) is 23.4 Å². The molecule has 0 aliphatic carbocycles. The maximum atomic E-state index is 10.9. The number of carbonyl (C=O) groups is 1. The van der Waals surface area contributed by atoms with E-state index >= 15 is 0 Å². The lowest BCUT2D eigenvalue weighted by atomic mass is 10.1.